The molecule has 1 aromatic heterocycles. The highest BCUT2D eigenvalue weighted by molar-refractivity contribution is 14.1. The van der Waals surface area contributed by atoms with E-state index in [9.17, 15) is 19.8 Å². The molecule has 0 spiro atoms. The molecule has 196 valence electrons. The first-order valence-corrected chi connectivity index (χ1v) is 14.7. The molecule has 7 nitrogen and oxygen atoms in total. The Morgan fingerprint density at radius 3 is 2.63 bits per heavy atom. The van der Waals surface area contributed by atoms with E-state index in [1.54, 1.807) is 32.1 Å². The fourth-order valence-electron chi connectivity index (χ4n) is 4.88. The Hall–Kier alpha value is -0.880. The van der Waals surface area contributed by atoms with E-state index in [1.165, 1.54) is 0 Å². The fraction of sp³-hybridized carbons (Fsp3) is 0.731. The summed E-state index contributed by atoms with van der Waals surface area (Å²) in [4.78, 5) is 30.5. The zero-order valence-corrected chi connectivity index (χ0v) is 24.2. The molecule has 0 unspecified atom stereocenters. The van der Waals surface area contributed by atoms with Crippen LogP contribution in [0.5, 0.6) is 0 Å². The number of Topliss-reactive ketones (excluding diaryl/α,β-unsaturated/α-hetero) is 1. The summed E-state index contributed by atoms with van der Waals surface area (Å²) in [6.45, 7) is 8.85. The molecule has 9 heteroatoms. The van der Waals surface area contributed by atoms with E-state index in [0.717, 1.165) is 34.4 Å². The van der Waals surface area contributed by atoms with Gasteiger partial charge in [0.2, 0.25) is 0 Å². The number of hydrogen-bond acceptors (Lipinski definition) is 8. The molecule has 0 aromatic carbocycles. The number of halogens is 1. The van der Waals surface area contributed by atoms with Crippen molar-refractivity contribution in [2.45, 2.75) is 96.7 Å². The van der Waals surface area contributed by atoms with Crippen LogP contribution in [-0.4, -0.2) is 61.4 Å². The van der Waals surface area contributed by atoms with E-state index >= 15 is 0 Å². The van der Waals surface area contributed by atoms with Gasteiger partial charge in [-0.1, -0.05) is 56.7 Å². The molecular weight excluding hydrogens is 581 g/mol. The highest BCUT2D eigenvalue weighted by Crippen LogP contribution is 2.46. The summed E-state index contributed by atoms with van der Waals surface area (Å²) >= 11 is 3.89. The van der Waals surface area contributed by atoms with Crippen molar-refractivity contribution >= 4 is 51.8 Å². The number of fused-ring (bicyclic) bond motifs is 1. The van der Waals surface area contributed by atoms with Gasteiger partial charge in [-0.15, -0.1) is 11.3 Å². The maximum Gasteiger partial charge on any atom is 0.309 e. The standard InChI is InChI=1S/C26H38INO6S/c1-15-7-6-10-26(14-27)21(34-26)11-19(9-8-18-13-35-17(3)28-18)33-22(30)12-20(29)25(4,5)24(32)16(2)23(15)31/h8-9,13,15-16,19-21,23,29,31H,6-7,10-12,14H2,1-5H3/b9-8+/t15-,16+,19+,20-,21-,23-,26-/m0/s1. The maximum absolute atomic E-state index is 13.2. The number of thiazole rings is 1. The van der Waals surface area contributed by atoms with Gasteiger partial charge in [0.1, 0.15) is 17.5 Å². The van der Waals surface area contributed by atoms with Crippen LogP contribution in [0.15, 0.2) is 11.5 Å². The molecule has 0 aliphatic carbocycles. The van der Waals surface area contributed by atoms with Gasteiger partial charge in [0, 0.05) is 22.1 Å². The number of aryl methyl sites for hydroxylation is 1. The van der Waals surface area contributed by atoms with Crippen LogP contribution in [0, 0.1) is 24.2 Å². The number of aliphatic hydroxyl groups is 2. The van der Waals surface area contributed by atoms with Gasteiger partial charge < -0.3 is 19.7 Å². The Morgan fingerprint density at radius 1 is 1.29 bits per heavy atom. The molecule has 1 aromatic rings. The quantitative estimate of drug-likeness (QED) is 0.222. The summed E-state index contributed by atoms with van der Waals surface area (Å²) in [5.41, 5.74) is -0.655. The number of ether oxygens (including phenoxy) is 2. The lowest BCUT2D eigenvalue weighted by molar-refractivity contribution is -0.154. The summed E-state index contributed by atoms with van der Waals surface area (Å²) in [6.07, 6.45) is 3.77. The molecule has 2 saturated heterocycles. The van der Waals surface area contributed by atoms with Gasteiger partial charge in [0.05, 0.1) is 40.8 Å². The molecule has 2 N–H and O–H groups in total. The number of epoxide rings is 1. The van der Waals surface area contributed by atoms with Crippen molar-refractivity contribution in [3.8, 4) is 0 Å². The minimum atomic E-state index is -1.23. The summed E-state index contributed by atoms with van der Waals surface area (Å²) in [5, 5.41) is 24.6. The summed E-state index contributed by atoms with van der Waals surface area (Å²) in [6, 6.07) is 0. The minimum absolute atomic E-state index is 0.0333. The second-order valence-electron chi connectivity index (χ2n) is 10.7. The van der Waals surface area contributed by atoms with Gasteiger partial charge in [-0.05, 0) is 37.8 Å². The average Bonchev–Trinajstić information content (AvgIpc) is 3.32. The molecule has 2 fully saturated rings. The van der Waals surface area contributed by atoms with Crippen molar-refractivity contribution in [2.24, 2.45) is 17.3 Å². The Balaban J connectivity index is 1.83. The zero-order chi connectivity index (χ0) is 26.0. The molecule has 0 amide bonds. The molecular formula is C26H38INO6S. The number of nitrogens with zero attached hydrogens (tertiary/aromatic N) is 1. The average molecular weight is 620 g/mol. The first-order chi connectivity index (χ1) is 16.4. The molecule has 0 bridgehead atoms. The fourth-order valence-corrected chi connectivity index (χ4v) is 6.51. The van der Waals surface area contributed by atoms with Gasteiger partial charge in [-0.25, -0.2) is 4.98 Å². The monoisotopic (exact) mass is 619 g/mol. The van der Waals surface area contributed by atoms with E-state index in [1.807, 2.05) is 31.4 Å². The molecule has 2 aliphatic rings. The second-order valence-corrected chi connectivity index (χ2v) is 12.5. The first-order valence-electron chi connectivity index (χ1n) is 12.3. The molecule has 2 aliphatic heterocycles. The number of aliphatic hydroxyl groups excluding tert-OH is 2. The molecule has 3 rings (SSSR count). The van der Waals surface area contributed by atoms with Crippen molar-refractivity contribution in [2.75, 3.05) is 4.43 Å². The largest absolute Gasteiger partial charge is 0.458 e. The third-order valence-electron chi connectivity index (χ3n) is 7.58. The normalized spacial score (nSPS) is 37.1. The van der Waals surface area contributed by atoms with Crippen molar-refractivity contribution in [1.82, 2.24) is 4.98 Å². The van der Waals surface area contributed by atoms with Crippen LogP contribution < -0.4 is 0 Å². The predicted molar refractivity (Wildman–Crippen MR) is 144 cm³/mol. The van der Waals surface area contributed by atoms with E-state index in [4.69, 9.17) is 9.47 Å². The Morgan fingerprint density at radius 2 is 2.00 bits per heavy atom. The zero-order valence-electron chi connectivity index (χ0n) is 21.2. The summed E-state index contributed by atoms with van der Waals surface area (Å²) in [5.74, 6) is -1.55. The number of alkyl halides is 1. The number of cyclic esters (lactones) is 1. The van der Waals surface area contributed by atoms with E-state index in [2.05, 4.69) is 27.6 Å². The van der Waals surface area contributed by atoms with Crippen LogP contribution in [-0.2, 0) is 19.1 Å². The van der Waals surface area contributed by atoms with Crippen LogP contribution >= 0.6 is 33.9 Å². The smallest absolute Gasteiger partial charge is 0.309 e. The number of esters is 1. The first kappa shape index (κ1) is 28.7. The van der Waals surface area contributed by atoms with E-state index in [0.29, 0.717) is 6.42 Å². The van der Waals surface area contributed by atoms with E-state index in [-0.39, 0.29) is 29.8 Å². The van der Waals surface area contributed by atoms with Gasteiger partial charge in [-0.3, -0.25) is 9.59 Å². The van der Waals surface area contributed by atoms with Gasteiger partial charge in [0.25, 0.3) is 0 Å². The topological polar surface area (TPSA) is 109 Å². The van der Waals surface area contributed by atoms with Crippen molar-refractivity contribution in [3.05, 3.63) is 22.2 Å². The van der Waals surface area contributed by atoms with Crippen LogP contribution in [0.1, 0.15) is 70.5 Å². The van der Waals surface area contributed by atoms with Gasteiger partial charge in [0.15, 0.2) is 0 Å². The van der Waals surface area contributed by atoms with Crippen molar-refractivity contribution in [3.63, 3.8) is 0 Å². The second kappa shape index (κ2) is 11.7. The minimum Gasteiger partial charge on any atom is -0.458 e. The van der Waals surface area contributed by atoms with Gasteiger partial charge >= 0.3 is 5.97 Å². The van der Waals surface area contributed by atoms with Crippen LogP contribution in [0.3, 0.4) is 0 Å². The highest BCUT2D eigenvalue weighted by atomic mass is 127. The van der Waals surface area contributed by atoms with Gasteiger partial charge in [-0.2, -0.15) is 0 Å². The predicted octanol–water partition coefficient (Wildman–Crippen LogP) is 4.50. The molecule has 7 atom stereocenters. The van der Waals surface area contributed by atoms with Crippen molar-refractivity contribution in [1.29, 1.82) is 0 Å². The molecule has 3 heterocycles. The highest BCUT2D eigenvalue weighted by Gasteiger charge is 2.55. The lowest BCUT2D eigenvalue weighted by Crippen LogP contribution is -2.45. The molecule has 35 heavy (non-hydrogen) atoms. The number of rotatable bonds is 3. The van der Waals surface area contributed by atoms with Crippen LogP contribution in [0.4, 0.5) is 0 Å². The lowest BCUT2D eigenvalue weighted by Gasteiger charge is -2.34. The molecule has 0 saturated carbocycles. The van der Waals surface area contributed by atoms with Crippen LogP contribution in [0.2, 0.25) is 0 Å². The van der Waals surface area contributed by atoms with E-state index < -0.39 is 35.6 Å². The van der Waals surface area contributed by atoms with Crippen molar-refractivity contribution < 1.29 is 29.3 Å². The SMILES string of the molecule is Cc1nc(/C=C/[C@@H]2C[C@@H]3O[C@]3(CI)CCC[C@H](C)[C@H](O)[C@@H](C)C(=O)C(C)(C)[C@@H](O)CC(=O)O2)cs1. The van der Waals surface area contributed by atoms with Crippen LogP contribution in [0.25, 0.3) is 6.08 Å². The number of ketones is 1. The number of carbonyl (C=O) groups is 2. The summed E-state index contributed by atoms with van der Waals surface area (Å²) in [7, 11) is 0. The third kappa shape index (κ3) is 6.91. The third-order valence-corrected chi connectivity index (χ3v) is 9.66. The Labute approximate surface area is 225 Å². The lowest BCUT2D eigenvalue weighted by atomic mass is 9.73. The Bertz CT molecular complexity index is 933. The number of hydrogen-bond donors (Lipinski definition) is 2. The Kier molecular flexibility index (Phi) is 9.56. The number of aromatic nitrogens is 1. The maximum atomic E-state index is 13.2. The molecule has 0 radical (unpaired) electrons. The summed E-state index contributed by atoms with van der Waals surface area (Å²) < 4.78 is 12.7. The number of carbonyl (C=O) groups excluding carboxylic acids is 2.